The van der Waals surface area contributed by atoms with Crippen LogP contribution in [0.25, 0.3) is 10.2 Å². The predicted molar refractivity (Wildman–Crippen MR) is 137 cm³/mol. The highest BCUT2D eigenvalue weighted by atomic mass is 32.1. The standard InChI is InChI=1S/C26H33N5O2S/c1-4-6-22-27-24(23-20-11-12-29(5-2)17-21(20)34-25(23)28-22)30-13-15-31(16-14-30)26(32)18-7-9-19(33-3)10-8-18/h7-10H,4-6,11-17H2,1-3H3. The Hall–Kier alpha value is -2.71. The van der Waals surface area contributed by atoms with Crippen molar-refractivity contribution in [3.8, 4) is 5.75 Å². The Morgan fingerprint density at radius 3 is 2.50 bits per heavy atom. The molecule has 2 aliphatic heterocycles. The molecule has 5 rings (SSSR count). The second kappa shape index (κ2) is 9.88. The van der Waals surface area contributed by atoms with Crippen molar-refractivity contribution in [2.45, 2.75) is 39.7 Å². The molecule has 0 unspecified atom stereocenters. The van der Waals surface area contributed by atoms with E-state index in [1.807, 2.05) is 40.5 Å². The average Bonchev–Trinajstić information content (AvgIpc) is 3.25. The zero-order valence-corrected chi connectivity index (χ0v) is 21.2. The summed E-state index contributed by atoms with van der Waals surface area (Å²) in [6.45, 7) is 10.5. The number of fused-ring (bicyclic) bond motifs is 3. The van der Waals surface area contributed by atoms with Crippen LogP contribution in [-0.4, -0.2) is 72.1 Å². The number of anilines is 1. The molecule has 1 saturated heterocycles. The zero-order valence-electron chi connectivity index (χ0n) is 20.3. The molecule has 8 heteroatoms. The first kappa shape index (κ1) is 23.1. The van der Waals surface area contributed by atoms with Crippen molar-refractivity contribution < 1.29 is 9.53 Å². The van der Waals surface area contributed by atoms with E-state index in [2.05, 4.69) is 23.6 Å². The number of hydrogen-bond donors (Lipinski definition) is 0. The van der Waals surface area contributed by atoms with Crippen LogP contribution in [0.4, 0.5) is 5.82 Å². The van der Waals surface area contributed by atoms with Crippen LogP contribution in [0.1, 0.15) is 46.9 Å². The van der Waals surface area contributed by atoms with E-state index in [1.54, 1.807) is 7.11 Å². The maximum Gasteiger partial charge on any atom is 0.253 e. The van der Waals surface area contributed by atoms with Crippen molar-refractivity contribution in [2.75, 3.05) is 51.3 Å². The monoisotopic (exact) mass is 479 g/mol. The summed E-state index contributed by atoms with van der Waals surface area (Å²) >= 11 is 1.85. The van der Waals surface area contributed by atoms with E-state index in [-0.39, 0.29) is 5.91 Å². The minimum Gasteiger partial charge on any atom is -0.497 e. The minimum absolute atomic E-state index is 0.0781. The second-order valence-corrected chi connectivity index (χ2v) is 10.1. The van der Waals surface area contributed by atoms with Gasteiger partial charge in [-0.15, -0.1) is 11.3 Å². The van der Waals surface area contributed by atoms with Gasteiger partial charge in [-0.25, -0.2) is 9.97 Å². The highest BCUT2D eigenvalue weighted by molar-refractivity contribution is 7.19. The Labute approximate surface area is 205 Å². The molecule has 0 aliphatic carbocycles. The maximum absolute atomic E-state index is 13.0. The molecule has 0 radical (unpaired) electrons. The van der Waals surface area contributed by atoms with Crippen molar-refractivity contribution in [2.24, 2.45) is 0 Å². The van der Waals surface area contributed by atoms with Gasteiger partial charge in [0.25, 0.3) is 5.91 Å². The molecule has 1 aromatic carbocycles. The van der Waals surface area contributed by atoms with E-state index in [0.29, 0.717) is 18.7 Å². The Bertz CT molecular complexity index is 1170. The van der Waals surface area contributed by atoms with Crippen LogP contribution in [-0.2, 0) is 19.4 Å². The molecule has 2 aromatic heterocycles. The van der Waals surface area contributed by atoms with E-state index in [1.165, 1.54) is 15.8 Å². The Morgan fingerprint density at radius 2 is 1.82 bits per heavy atom. The van der Waals surface area contributed by atoms with Crippen LogP contribution in [0.3, 0.4) is 0 Å². The zero-order chi connectivity index (χ0) is 23.7. The number of methoxy groups -OCH3 is 1. The van der Waals surface area contributed by atoms with Gasteiger partial charge in [0.1, 0.15) is 22.2 Å². The third-order valence-electron chi connectivity index (χ3n) is 6.93. The van der Waals surface area contributed by atoms with Gasteiger partial charge in [0, 0.05) is 56.1 Å². The van der Waals surface area contributed by atoms with E-state index in [9.17, 15) is 4.79 Å². The number of thiophene rings is 1. The first-order valence-corrected chi connectivity index (χ1v) is 13.1. The summed E-state index contributed by atoms with van der Waals surface area (Å²) in [4.78, 5) is 32.5. The normalized spacial score (nSPS) is 16.7. The molecular formula is C26H33N5O2S. The summed E-state index contributed by atoms with van der Waals surface area (Å²) < 4.78 is 5.22. The summed E-state index contributed by atoms with van der Waals surface area (Å²) in [7, 11) is 1.64. The fourth-order valence-corrected chi connectivity index (χ4v) is 6.22. The first-order valence-electron chi connectivity index (χ1n) is 12.3. The number of benzene rings is 1. The molecule has 1 amide bonds. The van der Waals surface area contributed by atoms with Gasteiger partial charge < -0.3 is 14.5 Å². The smallest absolute Gasteiger partial charge is 0.253 e. The van der Waals surface area contributed by atoms with Gasteiger partial charge in [0.15, 0.2) is 0 Å². The summed E-state index contributed by atoms with van der Waals surface area (Å²) in [6, 6.07) is 7.37. The second-order valence-electron chi connectivity index (χ2n) is 9.02. The van der Waals surface area contributed by atoms with Gasteiger partial charge in [0.2, 0.25) is 0 Å². The highest BCUT2D eigenvalue weighted by Gasteiger charge is 2.28. The largest absolute Gasteiger partial charge is 0.497 e. The summed E-state index contributed by atoms with van der Waals surface area (Å²) in [5, 5.41) is 1.26. The van der Waals surface area contributed by atoms with Gasteiger partial charge >= 0.3 is 0 Å². The van der Waals surface area contributed by atoms with E-state index >= 15 is 0 Å². The fourth-order valence-electron chi connectivity index (χ4n) is 4.94. The van der Waals surface area contributed by atoms with E-state index < -0.39 is 0 Å². The lowest BCUT2D eigenvalue weighted by Crippen LogP contribution is -2.49. The summed E-state index contributed by atoms with van der Waals surface area (Å²) in [5.41, 5.74) is 2.15. The van der Waals surface area contributed by atoms with Crippen molar-refractivity contribution in [3.05, 3.63) is 46.1 Å². The summed E-state index contributed by atoms with van der Waals surface area (Å²) in [6.07, 6.45) is 2.98. The van der Waals surface area contributed by atoms with Crippen LogP contribution < -0.4 is 9.64 Å². The van der Waals surface area contributed by atoms with E-state index in [0.717, 1.165) is 74.2 Å². The van der Waals surface area contributed by atoms with Gasteiger partial charge in [-0.1, -0.05) is 13.8 Å². The van der Waals surface area contributed by atoms with Gasteiger partial charge in [0.05, 0.1) is 12.5 Å². The molecule has 1 fully saturated rings. The molecule has 7 nitrogen and oxygen atoms in total. The molecule has 0 spiro atoms. The van der Waals surface area contributed by atoms with Gasteiger partial charge in [-0.3, -0.25) is 9.69 Å². The lowest BCUT2D eigenvalue weighted by Gasteiger charge is -2.36. The lowest BCUT2D eigenvalue weighted by molar-refractivity contribution is 0.0746. The number of piperazine rings is 1. The number of hydrogen-bond acceptors (Lipinski definition) is 7. The minimum atomic E-state index is 0.0781. The number of likely N-dealkylation sites (N-methyl/N-ethyl adjacent to an activating group) is 1. The highest BCUT2D eigenvalue weighted by Crippen LogP contribution is 2.39. The molecule has 4 heterocycles. The molecule has 3 aromatic rings. The molecule has 0 atom stereocenters. The molecule has 34 heavy (non-hydrogen) atoms. The van der Waals surface area contributed by atoms with E-state index in [4.69, 9.17) is 14.7 Å². The lowest BCUT2D eigenvalue weighted by atomic mass is 10.0. The summed E-state index contributed by atoms with van der Waals surface area (Å²) in [5.74, 6) is 2.85. The number of carbonyl (C=O) groups excluding carboxylic acids is 1. The fraction of sp³-hybridized carbons (Fsp3) is 0.500. The number of amides is 1. The van der Waals surface area contributed by atoms with Gasteiger partial charge in [-0.05, 0) is 49.2 Å². The van der Waals surface area contributed by atoms with Crippen LogP contribution >= 0.6 is 11.3 Å². The van der Waals surface area contributed by atoms with Crippen molar-refractivity contribution in [1.82, 2.24) is 19.8 Å². The third kappa shape index (κ3) is 4.36. The van der Waals surface area contributed by atoms with Crippen molar-refractivity contribution >= 4 is 33.3 Å². The topological polar surface area (TPSA) is 61.8 Å². The third-order valence-corrected chi connectivity index (χ3v) is 8.04. The number of ether oxygens (including phenoxy) is 1. The average molecular weight is 480 g/mol. The van der Waals surface area contributed by atoms with Crippen molar-refractivity contribution in [3.63, 3.8) is 0 Å². The van der Waals surface area contributed by atoms with Crippen molar-refractivity contribution in [1.29, 1.82) is 0 Å². The Kier molecular flexibility index (Phi) is 6.70. The molecule has 0 bridgehead atoms. The Morgan fingerprint density at radius 1 is 1.06 bits per heavy atom. The van der Waals surface area contributed by atoms with Crippen LogP contribution in [0.2, 0.25) is 0 Å². The number of aromatic nitrogens is 2. The van der Waals surface area contributed by atoms with Crippen LogP contribution in [0, 0.1) is 0 Å². The first-order chi connectivity index (χ1) is 16.6. The molecular weight excluding hydrogens is 446 g/mol. The molecule has 0 N–H and O–H groups in total. The number of carbonyl (C=O) groups is 1. The molecule has 2 aliphatic rings. The molecule has 0 saturated carbocycles. The maximum atomic E-state index is 13.0. The molecule has 180 valence electrons. The number of nitrogens with zero attached hydrogens (tertiary/aromatic N) is 5. The quantitative estimate of drug-likeness (QED) is 0.533. The predicted octanol–water partition coefficient (Wildman–Crippen LogP) is 3.99. The van der Waals surface area contributed by atoms with Gasteiger partial charge in [-0.2, -0.15) is 0 Å². The number of rotatable bonds is 6. The van der Waals surface area contributed by atoms with Crippen LogP contribution in [0.15, 0.2) is 24.3 Å². The number of aryl methyl sites for hydroxylation is 1. The van der Waals surface area contributed by atoms with Crippen LogP contribution in [0.5, 0.6) is 5.75 Å². The Balaban J connectivity index is 1.39. The SMILES string of the molecule is CCCc1nc(N2CCN(C(=O)c3ccc(OC)cc3)CC2)c2c3c(sc2n1)CN(CC)CC3.